The standard InChI is InChI=1S/C14H19BrN2O/c1-3-17(13-4-5-13)14(18)9-16-12-7-10(2)6-11(15)8-12/h6-8,13,16H,3-5,9H2,1-2H3. The number of carbonyl (C=O) groups is 1. The third-order valence-electron chi connectivity index (χ3n) is 3.13. The van der Waals surface area contributed by atoms with Crippen molar-refractivity contribution in [1.29, 1.82) is 0 Å². The van der Waals surface area contributed by atoms with Crippen LogP contribution in [0.25, 0.3) is 0 Å². The summed E-state index contributed by atoms with van der Waals surface area (Å²) < 4.78 is 1.03. The maximum atomic E-state index is 12.1. The van der Waals surface area contributed by atoms with Crippen molar-refractivity contribution >= 4 is 27.5 Å². The summed E-state index contributed by atoms with van der Waals surface area (Å²) in [4.78, 5) is 14.0. The fourth-order valence-corrected chi connectivity index (χ4v) is 2.75. The van der Waals surface area contributed by atoms with Gasteiger partial charge in [-0.25, -0.2) is 0 Å². The minimum Gasteiger partial charge on any atom is -0.376 e. The van der Waals surface area contributed by atoms with E-state index in [0.29, 0.717) is 12.6 Å². The molecule has 1 aliphatic rings. The van der Waals surface area contributed by atoms with E-state index in [1.54, 1.807) is 0 Å². The van der Waals surface area contributed by atoms with Gasteiger partial charge in [-0.1, -0.05) is 15.9 Å². The number of benzene rings is 1. The molecular weight excluding hydrogens is 292 g/mol. The first-order valence-electron chi connectivity index (χ1n) is 6.40. The van der Waals surface area contributed by atoms with Crippen molar-refractivity contribution in [2.75, 3.05) is 18.4 Å². The van der Waals surface area contributed by atoms with Crippen LogP contribution in [0.5, 0.6) is 0 Å². The summed E-state index contributed by atoms with van der Waals surface area (Å²) in [6.45, 7) is 5.27. The number of carbonyl (C=O) groups excluding carboxylic acids is 1. The summed E-state index contributed by atoms with van der Waals surface area (Å²) in [7, 11) is 0. The molecule has 4 heteroatoms. The van der Waals surface area contributed by atoms with Crippen molar-refractivity contribution in [1.82, 2.24) is 4.90 Å². The molecule has 0 aliphatic heterocycles. The van der Waals surface area contributed by atoms with Gasteiger partial charge in [0.15, 0.2) is 0 Å². The molecule has 18 heavy (non-hydrogen) atoms. The van der Waals surface area contributed by atoms with Crippen LogP contribution in [0.1, 0.15) is 25.3 Å². The number of rotatable bonds is 5. The van der Waals surface area contributed by atoms with Gasteiger partial charge in [0.2, 0.25) is 5.91 Å². The second-order valence-electron chi connectivity index (χ2n) is 4.78. The van der Waals surface area contributed by atoms with E-state index in [1.165, 1.54) is 5.56 Å². The Balaban J connectivity index is 1.92. The van der Waals surface area contributed by atoms with Gasteiger partial charge >= 0.3 is 0 Å². The maximum Gasteiger partial charge on any atom is 0.242 e. The Morgan fingerprint density at radius 1 is 1.44 bits per heavy atom. The lowest BCUT2D eigenvalue weighted by Crippen LogP contribution is -2.37. The average molecular weight is 311 g/mol. The Morgan fingerprint density at radius 3 is 2.72 bits per heavy atom. The van der Waals surface area contributed by atoms with Crippen LogP contribution in [0.3, 0.4) is 0 Å². The first-order chi connectivity index (χ1) is 8.60. The lowest BCUT2D eigenvalue weighted by Gasteiger charge is -2.20. The third kappa shape index (κ3) is 3.48. The molecule has 0 spiro atoms. The second kappa shape index (κ2) is 5.74. The highest BCUT2D eigenvalue weighted by molar-refractivity contribution is 9.10. The van der Waals surface area contributed by atoms with E-state index in [0.717, 1.165) is 29.5 Å². The van der Waals surface area contributed by atoms with Crippen LogP contribution < -0.4 is 5.32 Å². The van der Waals surface area contributed by atoms with Gasteiger partial charge in [0.1, 0.15) is 0 Å². The number of anilines is 1. The van der Waals surface area contributed by atoms with Gasteiger partial charge < -0.3 is 10.2 Å². The zero-order valence-corrected chi connectivity index (χ0v) is 12.5. The number of likely N-dealkylation sites (N-methyl/N-ethyl adjacent to an activating group) is 1. The Hall–Kier alpha value is -1.03. The topological polar surface area (TPSA) is 32.3 Å². The van der Waals surface area contributed by atoms with E-state index >= 15 is 0 Å². The fraction of sp³-hybridized carbons (Fsp3) is 0.500. The highest BCUT2D eigenvalue weighted by Gasteiger charge is 2.30. The van der Waals surface area contributed by atoms with Crippen LogP contribution in [-0.4, -0.2) is 29.9 Å². The predicted octanol–water partition coefficient (Wildman–Crippen LogP) is 3.18. The lowest BCUT2D eigenvalue weighted by atomic mass is 10.2. The minimum atomic E-state index is 0.192. The molecule has 1 aromatic carbocycles. The van der Waals surface area contributed by atoms with Crippen LogP contribution in [0.4, 0.5) is 5.69 Å². The SMILES string of the molecule is CCN(C(=O)CNc1cc(C)cc(Br)c1)C1CC1. The summed E-state index contributed by atoms with van der Waals surface area (Å²) in [6.07, 6.45) is 2.32. The Labute approximate surface area is 117 Å². The lowest BCUT2D eigenvalue weighted by molar-refractivity contribution is -0.129. The summed E-state index contributed by atoms with van der Waals surface area (Å²) in [6, 6.07) is 6.59. The zero-order chi connectivity index (χ0) is 13.1. The number of amides is 1. The fourth-order valence-electron chi connectivity index (χ4n) is 2.14. The molecule has 0 unspecified atom stereocenters. The normalized spacial score (nSPS) is 14.4. The summed E-state index contributed by atoms with van der Waals surface area (Å²) >= 11 is 3.46. The number of aryl methyl sites for hydroxylation is 1. The van der Waals surface area contributed by atoms with Gasteiger partial charge in [-0.15, -0.1) is 0 Å². The molecule has 2 rings (SSSR count). The van der Waals surface area contributed by atoms with Gasteiger partial charge in [0, 0.05) is 22.7 Å². The van der Waals surface area contributed by atoms with E-state index in [4.69, 9.17) is 0 Å². The first kappa shape index (κ1) is 13.4. The van der Waals surface area contributed by atoms with E-state index < -0.39 is 0 Å². The van der Waals surface area contributed by atoms with Gasteiger partial charge in [0.05, 0.1) is 6.54 Å². The largest absolute Gasteiger partial charge is 0.376 e. The summed E-state index contributed by atoms with van der Waals surface area (Å²) in [5.41, 5.74) is 2.16. The maximum absolute atomic E-state index is 12.1. The molecule has 0 radical (unpaired) electrons. The number of hydrogen-bond donors (Lipinski definition) is 1. The highest BCUT2D eigenvalue weighted by Crippen LogP contribution is 2.26. The number of nitrogens with one attached hydrogen (secondary N) is 1. The second-order valence-corrected chi connectivity index (χ2v) is 5.70. The monoisotopic (exact) mass is 310 g/mol. The summed E-state index contributed by atoms with van der Waals surface area (Å²) in [5, 5.41) is 3.20. The van der Waals surface area contributed by atoms with Crippen LogP contribution in [-0.2, 0) is 4.79 Å². The number of halogens is 1. The number of hydrogen-bond acceptors (Lipinski definition) is 2. The Morgan fingerprint density at radius 2 is 2.17 bits per heavy atom. The van der Waals surface area contributed by atoms with Crippen molar-refractivity contribution in [3.8, 4) is 0 Å². The molecule has 1 aromatic rings. The molecule has 0 bridgehead atoms. The molecule has 0 heterocycles. The van der Waals surface area contributed by atoms with Crippen LogP contribution in [0, 0.1) is 6.92 Å². The van der Waals surface area contributed by atoms with Crippen molar-refractivity contribution in [3.05, 3.63) is 28.2 Å². The molecule has 1 fully saturated rings. The van der Waals surface area contributed by atoms with Crippen LogP contribution in [0.15, 0.2) is 22.7 Å². The quantitative estimate of drug-likeness (QED) is 0.906. The smallest absolute Gasteiger partial charge is 0.242 e. The van der Waals surface area contributed by atoms with Crippen molar-refractivity contribution in [2.24, 2.45) is 0 Å². The van der Waals surface area contributed by atoms with Gasteiger partial charge in [-0.3, -0.25) is 4.79 Å². The van der Waals surface area contributed by atoms with Crippen molar-refractivity contribution in [3.63, 3.8) is 0 Å². The molecule has 1 amide bonds. The van der Waals surface area contributed by atoms with Crippen LogP contribution in [0.2, 0.25) is 0 Å². The molecule has 1 saturated carbocycles. The van der Waals surface area contributed by atoms with Gasteiger partial charge in [-0.05, 0) is 50.5 Å². The molecule has 1 N–H and O–H groups in total. The molecule has 0 saturated heterocycles. The van der Waals surface area contributed by atoms with E-state index in [1.807, 2.05) is 30.9 Å². The van der Waals surface area contributed by atoms with Crippen molar-refractivity contribution in [2.45, 2.75) is 32.7 Å². The van der Waals surface area contributed by atoms with E-state index in [2.05, 4.69) is 27.3 Å². The molecule has 1 aliphatic carbocycles. The number of nitrogens with zero attached hydrogens (tertiary/aromatic N) is 1. The molecule has 3 nitrogen and oxygen atoms in total. The predicted molar refractivity (Wildman–Crippen MR) is 77.8 cm³/mol. The minimum absolute atomic E-state index is 0.192. The molecule has 0 aromatic heterocycles. The van der Waals surface area contributed by atoms with Crippen LogP contribution >= 0.6 is 15.9 Å². The van der Waals surface area contributed by atoms with E-state index in [9.17, 15) is 4.79 Å². The Bertz CT molecular complexity index is 423. The molecular formula is C14H19BrN2O. The average Bonchev–Trinajstić information content (AvgIpc) is 3.10. The van der Waals surface area contributed by atoms with Gasteiger partial charge in [-0.2, -0.15) is 0 Å². The summed E-state index contributed by atoms with van der Waals surface area (Å²) in [5.74, 6) is 0.192. The molecule has 98 valence electrons. The third-order valence-corrected chi connectivity index (χ3v) is 3.59. The molecule has 0 atom stereocenters. The zero-order valence-electron chi connectivity index (χ0n) is 10.9. The first-order valence-corrected chi connectivity index (χ1v) is 7.20. The Kier molecular flexibility index (Phi) is 4.27. The van der Waals surface area contributed by atoms with Crippen molar-refractivity contribution < 1.29 is 4.79 Å². The van der Waals surface area contributed by atoms with E-state index in [-0.39, 0.29) is 5.91 Å². The highest BCUT2D eigenvalue weighted by atomic mass is 79.9. The van der Waals surface area contributed by atoms with Gasteiger partial charge in [0.25, 0.3) is 0 Å².